The lowest BCUT2D eigenvalue weighted by Gasteiger charge is -2.36. The molecule has 1 saturated heterocycles. The van der Waals surface area contributed by atoms with E-state index in [1.165, 1.54) is 4.90 Å². The van der Waals surface area contributed by atoms with E-state index in [9.17, 15) is 9.90 Å². The Morgan fingerprint density at radius 1 is 1.53 bits per heavy atom. The predicted molar refractivity (Wildman–Crippen MR) is 62.0 cm³/mol. The maximum absolute atomic E-state index is 12.0. The fourth-order valence-corrected chi connectivity index (χ4v) is 1.95. The number of rotatable bonds is 3. The Labute approximate surface area is 102 Å². The Balaban J connectivity index is 2.63. The Morgan fingerprint density at radius 2 is 2.06 bits per heavy atom. The van der Waals surface area contributed by atoms with Gasteiger partial charge in [0.2, 0.25) is 5.91 Å². The van der Waals surface area contributed by atoms with Crippen LogP contribution in [-0.4, -0.2) is 48.3 Å². The summed E-state index contributed by atoms with van der Waals surface area (Å²) in [5.41, 5.74) is -1.93. The first-order chi connectivity index (χ1) is 7.81. The first-order valence-corrected chi connectivity index (χ1v) is 5.78. The van der Waals surface area contributed by atoms with Gasteiger partial charge in [0.05, 0.1) is 11.7 Å². The van der Waals surface area contributed by atoms with Gasteiger partial charge in [-0.2, -0.15) is 5.26 Å². The van der Waals surface area contributed by atoms with Crippen LogP contribution in [-0.2, 0) is 9.53 Å². The molecular formula is C12H20N2O3. The molecule has 0 aromatic rings. The molecule has 17 heavy (non-hydrogen) atoms. The smallest absolute Gasteiger partial charge is 0.242 e. The highest BCUT2D eigenvalue weighted by Crippen LogP contribution is 2.24. The molecule has 1 rings (SSSR count). The van der Waals surface area contributed by atoms with E-state index in [4.69, 9.17) is 10.00 Å². The van der Waals surface area contributed by atoms with Gasteiger partial charge in [-0.05, 0) is 13.8 Å². The van der Waals surface area contributed by atoms with Crippen molar-refractivity contribution in [2.75, 3.05) is 26.8 Å². The molecule has 1 amide bonds. The Morgan fingerprint density at radius 3 is 2.53 bits per heavy atom. The molecule has 0 aromatic carbocycles. The van der Waals surface area contributed by atoms with Crippen LogP contribution in [0.25, 0.3) is 0 Å². The van der Waals surface area contributed by atoms with Crippen LogP contribution in [0.1, 0.15) is 26.7 Å². The van der Waals surface area contributed by atoms with Crippen molar-refractivity contribution in [2.45, 2.75) is 32.3 Å². The number of aliphatic hydroxyl groups is 1. The quantitative estimate of drug-likeness (QED) is 0.781. The molecule has 1 N–H and O–H groups in total. The molecule has 5 nitrogen and oxygen atoms in total. The zero-order valence-electron chi connectivity index (χ0n) is 10.7. The molecule has 0 aliphatic carbocycles. The number of likely N-dealkylation sites (N-methyl/N-ethyl adjacent to an activating group) is 1. The van der Waals surface area contributed by atoms with Gasteiger partial charge in [-0.25, -0.2) is 0 Å². The monoisotopic (exact) mass is 240 g/mol. The highest BCUT2D eigenvalue weighted by molar-refractivity contribution is 5.84. The number of ether oxygens (including phenoxy) is 1. The van der Waals surface area contributed by atoms with Crippen molar-refractivity contribution < 1.29 is 14.6 Å². The second-order valence-electron chi connectivity index (χ2n) is 5.23. The highest BCUT2D eigenvalue weighted by Gasteiger charge is 2.36. The lowest BCUT2D eigenvalue weighted by Crippen LogP contribution is -2.49. The standard InChI is InChI=1S/C12H20N2O3/c1-11(2,8-13)10(15)14(3)9-12(16)4-6-17-7-5-12/h16H,4-7,9H2,1-3H3. The third-order valence-electron chi connectivity index (χ3n) is 3.12. The van der Waals surface area contributed by atoms with E-state index in [1.54, 1.807) is 20.9 Å². The van der Waals surface area contributed by atoms with Crippen LogP contribution in [0.3, 0.4) is 0 Å². The number of hydrogen-bond donors (Lipinski definition) is 1. The molecule has 0 atom stereocenters. The molecule has 1 aliphatic heterocycles. The van der Waals surface area contributed by atoms with E-state index in [1.807, 2.05) is 6.07 Å². The SMILES string of the molecule is CN(CC1(O)CCOCC1)C(=O)C(C)(C)C#N. The maximum Gasteiger partial charge on any atom is 0.242 e. The van der Waals surface area contributed by atoms with Gasteiger partial charge in [0.15, 0.2) is 0 Å². The van der Waals surface area contributed by atoms with Gasteiger partial charge in [-0.3, -0.25) is 4.79 Å². The fourth-order valence-electron chi connectivity index (χ4n) is 1.95. The largest absolute Gasteiger partial charge is 0.388 e. The second-order valence-corrected chi connectivity index (χ2v) is 5.23. The molecule has 0 bridgehead atoms. The summed E-state index contributed by atoms with van der Waals surface area (Å²) in [7, 11) is 1.62. The molecule has 0 saturated carbocycles. The van der Waals surface area contributed by atoms with Gasteiger partial charge in [-0.1, -0.05) is 0 Å². The van der Waals surface area contributed by atoms with E-state index in [0.717, 1.165) is 0 Å². The van der Waals surface area contributed by atoms with Crippen LogP contribution in [0.4, 0.5) is 0 Å². The molecule has 0 aromatic heterocycles. The molecule has 1 fully saturated rings. The summed E-state index contributed by atoms with van der Waals surface area (Å²) in [6.07, 6.45) is 1.05. The normalized spacial score (nSPS) is 19.5. The van der Waals surface area contributed by atoms with Crippen LogP contribution in [0.5, 0.6) is 0 Å². The minimum atomic E-state index is -1.05. The summed E-state index contributed by atoms with van der Waals surface area (Å²) >= 11 is 0. The summed E-state index contributed by atoms with van der Waals surface area (Å²) < 4.78 is 5.18. The summed E-state index contributed by atoms with van der Waals surface area (Å²) in [6, 6.07) is 1.97. The van der Waals surface area contributed by atoms with Crippen molar-refractivity contribution in [1.82, 2.24) is 4.90 Å². The number of hydrogen-bond acceptors (Lipinski definition) is 4. The van der Waals surface area contributed by atoms with Crippen LogP contribution in [0, 0.1) is 16.7 Å². The van der Waals surface area contributed by atoms with Gasteiger partial charge in [-0.15, -0.1) is 0 Å². The molecule has 96 valence electrons. The first-order valence-electron chi connectivity index (χ1n) is 5.78. The summed E-state index contributed by atoms with van der Waals surface area (Å²) in [5, 5.41) is 19.2. The van der Waals surface area contributed by atoms with Crippen molar-refractivity contribution in [3.8, 4) is 6.07 Å². The molecular weight excluding hydrogens is 220 g/mol. The van der Waals surface area contributed by atoms with Crippen molar-refractivity contribution in [1.29, 1.82) is 5.26 Å². The topological polar surface area (TPSA) is 73.6 Å². The van der Waals surface area contributed by atoms with Gasteiger partial charge in [0.25, 0.3) is 0 Å². The number of carbonyl (C=O) groups is 1. The Hall–Kier alpha value is -1.12. The number of carbonyl (C=O) groups excluding carboxylic acids is 1. The number of nitriles is 1. The third kappa shape index (κ3) is 3.42. The van der Waals surface area contributed by atoms with E-state index in [2.05, 4.69) is 0 Å². The minimum Gasteiger partial charge on any atom is -0.388 e. The van der Waals surface area contributed by atoms with Crippen molar-refractivity contribution >= 4 is 5.91 Å². The van der Waals surface area contributed by atoms with Gasteiger partial charge in [0.1, 0.15) is 5.41 Å². The first kappa shape index (κ1) is 13.9. The van der Waals surface area contributed by atoms with Crippen molar-refractivity contribution in [3.63, 3.8) is 0 Å². The molecule has 0 unspecified atom stereocenters. The third-order valence-corrected chi connectivity index (χ3v) is 3.12. The summed E-state index contributed by atoms with van der Waals surface area (Å²) in [6.45, 7) is 4.44. The van der Waals surface area contributed by atoms with Crippen molar-refractivity contribution in [3.05, 3.63) is 0 Å². The fraction of sp³-hybridized carbons (Fsp3) is 0.833. The van der Waals surface area contributed by atoms with Gasteiger partial charge in [0, 0.05) is 39.6 Å². The number of nitrogens with zero attached hydrogens (tertiary/aromatic N) is 2. The van der Waals surface area contributed by atoms with Gasteiger partial charge >= 0.3 is 0 Å². The lowest BCUT2D eigenvalue weighted by atomic mass is 9.90. The molecule has 5 heteroatoms. The zero-order chi connectivity index (χ0) is 13.1. The molecule has 1 aliphatic rings. The van der Waals surface area contributed by atoms with E-state index >= 15 is 0 Å². The highest BCUT2D eigenvalue weighted by atomic mass is 16.5. The maximum atomic E-state index is 12.0. The molecule has 0 radical (unpaired) electrons. The lowest BCUT2D eigenvalue weighted by molar-refractivity contribution is -0.142. The second kappa shape index (κ2) is 5.03. The van der Waals surface area contributed by atoms with Crippen molar-refractivity contribution in [2.24, 2.45) is 5.41 Å². The average molecular weight is 240 g/mol. The van der Waals surface area contributed by atoms with Crippen LogP contribution < -0.4 is 0 Å². The summed E-state index contributed by atoms with van der Waals surface area (Å²) in [5.74, 6) is -0.264. The summed E-state index contributed by atoms with van der Waals surface area (Å²) in [4.78, 5) is 13.4. The Bertz CT molecular complexity index is 327. The van der Waals surface area contributed by atoms with E-state index in [0.29, 0.717) is 26.1 Å². The molecule has 0 spiro atoms. The van der Waals surface area contributed by atoms with Crippen LogP contribution >= 0.6 is 0 Å². The number of amides is 1. The van der Waals surface area contributed by atoms with Crippen LogP contribution in [0.15, 0.2) is 0 Å². The van der Waals surface area contributed by atoms with E-state index < -0.39 is 11.0 Å². The average Bonchev–Trinajstić information content (AvgIpc) is 2.28. The van der Waals surface area contributed by atoms with Gasteiger partial charge < -0.3 is 14.7 Å². The predicted octanol–water partition coefficient (Wildman–Crippen LogP) is 0.536. The minimum absolute atomic E-state index is 0.250. The van der Waals surface area contributed by atoms with E-state index in [-0.39, 0.29) is 12.5 Å². The van der Waals surface area contributed by atoms with Crippen LogP contribution in [0.2, 0.25) is 0 Å². The zero-order valence-corrected chi connectivity index (χ0v) is 10.7. The molecule has 1 heterocycles. The Kier molecular flexibility index (Phi) is 4.12.